The molecule has 0 aliphatic carbocycles. The minimum absolute atomic E-state index is 0.195. The van der Waals surface area contributed by atoms with Crippen molar-refractivity contribution in [3.05, 3.63) is 58.5 Å². The molecule has 1 aromatic carbocycles. The quantitative estimate of drug-likeness (QED) is 0.592. The van der Waals surface area contributed by atoms with Gasteiger partial charge in [-0.2, -0.15) is 5.10 Å². The first-order chi connectivity index (χ1) is 14.9. The number of hydrogen-bond donors (Lipinski definition) is 0. The number of nitrogens with zero attached hydrogens (tertiary/aromatic N) is 4. The fourth-order valence-electron chi connectivity index (χ4n) is 3.47. The van der Waals surface area contributed by atoms with E-state index in [1.54, 1.807) is 29.9 Å². The minimum atomic E-state index is 0.195. The number of thiazole rings is 1. The molecule has 0 spiro atoms. The van der Waals surface area contributed by atoms with E-state index < -0.39 is 0 Å². The van der Waals surface area contributed by atoms with Crippen LogP contribution in [0.2, 0.25) is 0 Å². The number of benzene rings is 1. The molecule has 0 bridgehead atoms. The summed E-state index contributed by atoms with van der Waals surface area (Å²) in [5.74, 6) is 1.53. The second-order valence-electron chi connectivity index (χ2n) is 7.08. The zero-order valence-electron chi connectivity index (χ0n) is 16.4. The smallest absolute Gasteiger partial charge is 0.206 e. The van der Waals surface area contributed by atoms with Gasteiger partial charge in [0.1, 0.15) is 13.2 Å². The Hall–Kier alpha value is -2.97. The molecule has 1 fully saturated rings. The van der Waals surface area contributed by atoms with E-state index in [9.17, 15) is 0 Å². The van der Waals surface area contributed by atoms with Gasteiger partial charge in [0.15, 0.2) is 11.5 Å². The lowest BCUT2D eigenvalue weighted by molar-refractivity contribution is 0.117. The lowest BCUT2D eigenvalue weighted by Gasteiger charge is -2.18. The van der Waals surface area contributed by atoms with Crippen LogP contribution in [0.1, 0.15) is 18.4 Å². The van der Waals surface area contributed by atoms with E-state index in [2.05, 4.69) is 10.4 Å². The molecule has 1 atom stereocenters. The number of aromatic nitrogens is 2. The number of fused-ring (bicyclic) bond motifs is 1. The Bertz CT molecular complexity index is 1100. The first kappa shape index (κ1) is 19.0. The summed E-state index contributed by atoms with van der Waals surface area (Å²) in [7, 11) is 0. The van der Waals surface area contributed by atoms with Crippen LogP contribution in [-0.2, 0) is 4.74 Å². The standard InChI is InChI=1S/C22H22N4O3S/c1-3-16(12-23-7-1)13-25-26-19(15-30-22(26)24-14-18-4-2-8-27-18)17-5-6-20-21(11-17)29-10-9-28-20/h1,3,5-7,11-13,15,18H,2,4,8-10,14H2/b24-22?,25-13+. The summed E-state index contributed by atoms with van der Waals surface area (Å²) < 4.78 is 19.0. The lowest BCUT2D eigenvalue weighted by atomic mass is 10.1. The first-order valence-electron chi connectivity index (χ1n) is 10.0. The molecule has 2 aromatic heterocycles. The summed E-state index contributed by atoms with van der Waals surface area (Å²) in [6.07, 6.45) is 7.68. The Labute approximate surface area is 178 Å². The highest BCUT2D eigenvalue weighted by Gasteiger charge is 2.17. The van der Waals surface area contributed by atoms with Gasteiger partial charge in [0.25, 0.3) is 0 Å². The third kappa shape index (κ3) is 4.15. The third-order valence-electron chi connectivity index (χ3n) is 4.98. The highest BCUT2D eigenvalue weighted by atomic mass is 32.1. The van der Waals surface area contributed by atoms with Gasteiger partial charge in [0.2, 0.25) is 4.80 Å². The predicted molar refractivity (Wildman–Crippen MR) is 115 cm³/mol. The van der Waals surface area contributed by atoms with Gasteiger partial charge >= 0.3 is 0 Å². The average molecular weight is 423 g/mol. The zero-order valence-corrected chi connectivity index (χ0v) is 17.3. The van der Waals surface area contributed by atoms with E-state index in [0.717, 1.165) is 52.6 Å². The van der Waals surface area contributed by atoms with Crippen LogP contribution in [-0.4, -0.2) is 48.3 Å². The van der Waals surface area contributed by atoms with Gasteiger partial charge in [-0.1, -0.05) is 6.07 Å². The Balaban J connectivity index is 1.53. The maximum atomic E-state index is 5.76. The van der Waals surface area contributed by atoms with Crippen molar-refractivity contribution in [3.8, 4) is 22.8 Å². The summed E-state index contributed by atoms with van der Waals surface area (Å²) in [6.45, 7) is 2.60. The minimum Gasteiger partial charge on any atom is -0.486 e. The van der Waals surface area contributed by atoms with Gasteiger partial charge in [-0.05, 0) is 37.1 Å². The maximum absolute atomic E-state index is 5.76. The van der Waals surface area contributed by atoms with Crippen LogP contribution in [0.5, 0.6) is 11.5 Å². The second kappa shape index (κ2) is 8.81. The van der Waals surface area contributed by atoms with Crippen molar-refractivity contribution in [2.45, 2.75) is 18.9 Å². The SMILES string of the molecule is C(=N\n1c(-c2ccc3c(c2)OCCO3)csc1=NCC1CCCO1)/c1cccnc1. The highest BCUT2D eigenvalue weighted by molar-refractivity contribution is 7.07. The molecule has 0 amide bonds. The third-order valence-corrected chi connectivity index (χ3v) is 5.84. The maximum Gasteiger partial charge on any atom is 0.206 e. The van der Waals surface area contributed by atoms with Crippen LogP contribution in [0, 0.1) is 0 Å². The van der Waals surface area contributed by atoms with E-state index in [1.165, 1.54) is 0 Å². The van der Waals surface area contributed by atoms with Crippen LogP contribution in [0.25, 0.3) is 11.3 Å². The van der Waals surface area contributed by atoms with Gasteiger partial charge in [0, 0.05) is 35.5 Å². The first-order valence-corrected chi connectivity index (χ1v) is 10.9. The topological polar surface area (TPSA) is 70.2 Å². The fraction of sp³-hybridized carbons (Fsp3) is 0.318. The molecular weight excluding hydrogens is 400 g/mol. The number of ether oxygens (including phenoxy) is 3. The molecule has 0 radical (unpaired) electrons. The van der Waals surface area contributed by atoms with Crippen molar-refractivity contribution in [2.75, 3.05) is 26.4 Å². The molecule has 1 unspecified atom stereocenters. The van der Waals surface area contributed by atoms with E-state index in [0.29, 0.717) is 19.8 Å². The average Bonchev–Trinajstić information content (AvgIpc) is 3.46. The Kier molecular flexibility index (Phi) is 5.58. The van der Waals surface area contributed by atoms with Crippen LogP contribution in [0.4, 0.5) is 0 Å². The lowest BCUT2D eigenvalue weighted by Crippen LogP contribution is -2.17. The molecule has 7 nitrogen and oxygen atoms in total. The Morgan fingerprint density at radius 2 is 2.10 bits per heavy atom. The zero-order chi connectivity index (χ0) is 20.2. The van der Waals surface area contributed by atoms with Crippen LogP contribution < -0.4 is 14.3 Å². The van der Waals surface area contributed by atoms with E-state index >= 15 is 0 Å². The molecule has 2 aliphatic heterocycles. The van der Waals surface area contributed by atoms with Gasteiger partial charge in [-0.25, -0.2) is 4.68 Å². The summed E-state index contributed by atoms with van der Waals surface area (Å²) >= 11 is 1.57. The van der Waals surface area contributed by atoms with Gasteiger partial charge < -0.3 is 14.2 Å². The molecule has 154 valence electrons. The summed E-state index contributed by atoms with van der Waals surface area (Å²) in [5, 5.41) is 6.80. The Morgan fingerprint density at radius 3 is 2.93 bits per heavy atom. The van der Waals surface area contributed by atoms with Crippen LogP contribution >= 0.6 is 11.3 Å². The summed E-state index contributed by atoms with van der Waals surface area (Å²) in [5.41, 5.74) is 2.87. The monoisotopic (exact) mass is 422 g/mol. The number of hydrogen-bond acceptors (Lipinski definition) is 7. The van der Waals surface area contributed by atoms with E-state index in [-0.39, 0.29) is 6.10 Å². The largest absolute Gasteiger partial charge is 0.486 e. The number of pyridine rings is 1. The molecule has 2 aliphatic rings. The molecular formula is C22H22N4O3S. The fourth-order valence-corrected chi connectivity index (χ4v) is 4.31. The van der Waals surface area contributed by atoms with Gasteiger partial charge in [-0.3, -0.25) is 9.98 Å². The van der Waals surface area contributed by atoms with Crippen LogP contribution in [0.3, 0.4) is 0 Å². The molecule has 3 aromatic rings. The molecule has 30 heavy (non-hydrogen) atoms. The molecule has 1 saturated heterocycles. The van der Waals surface area contributed by atoms with E-state index in [4.69, 9.17) is 24.3 Å². The molecule has 8 heteroatoms. The van der Waals surface area contributed by atoms with Gasteiger partial charge in [0.05, 0.1) is 24.6 Å². The van der Waals surface area contributed by atoms with Crippen molar-refractivity contribution < 1.29 is 14.2 Å². The predicted octanol–water partition coefficient (Wildman–Crippen LogP) is 3.34. The molecule has 4 heterocycles. The highest BCUT2D eigenvalue weighted by Crippen LogP contribution is 2.34. The van der Waals surface area contributed by atoms with Crippen LogP contribution in [0.15, 0.2) is 58.2 Å². The number of rotatable bonds is 5. The molecule has 5 rings (SSSR count). The summed E-state index contributed by atoms with van der Waals surface area (Å²) in [4.78, 5) is 9.79. The Morgan fingerprint density at radius 1 is 1.17 bits per heavy atom. The van der Waals surface area contributed by atoms with Crippen molar-refractivity contribution in [2.24, 2.45) is 10.1 Å². The molecule has 0 saturated carbocycles. The van der Waals surface area contributed by atoms with Crippen molar-refractivity contribution in [1.29, 1.82) is 0 Å². The van der Waals surface area contributed by atoms with Crippen molar-refractivity contribution >= 4 is 17.6 Å². The van der Waals surface area contributed by atoms with Crippen molar-refractivity contribution in [3.63, 3.8) is 0 Å². The summed E-state index contributed by atoms with van der Waals surface area (Å²) in [6, 6.07) is 9.83. The second-order valence-corrected chi connectivity index (χ2v) is 7.92. The normalized spacial score (nSPS) is 18.9. The van der Waals surface area contributed by atoms with Gasteiger partial charge in [-0.15, -0.1) is 11.3 Å². The molecule has 0 N–H and O–H groups in total. The van der Waals surface area contributed by atoms with Crippen molar-refractivity contribution in [1.82, 2.24) is 9.66 Å². The van der Waals surface area contributed by atoms with E-state index in [1.807, 2.05) is 35.0 Å².